The third kappa shape index (κ3) is 13.6. The summed E-state index contributed by atoms with van der Waals surface area (Å²) in [4.78, 5) is 86.8. The summed E-state index contributed by atoms with van der Waals surface area (Å²) in [6, 6.07) is 6.53. The van der Waals surface area contributed by atoms with Gasteiger partial charge in [-0.25, -0.2) is 0 Å². The molecule has 0 aromatic heterocycles. The number of carboxylic acid groups (broad SMARTS) is 1. The second-order valence-corrected chi connectivity index (χ2v) is 12.3. The lowest BCUT2D eigenvalue weighted by molar-refractivity contribution is -0.384. The summed E-state index contributed by atoms with van der Waals surface area (Å²) in [5.74, 6) is -5.06. The highest BCUT2D eigenvalue weighted by molar-refractivity contribution is 5.99. The van der Waals surface area contributed by atoms with E-state index in [0.29, 0.717) is 5.56 Å². The maximum Gasteiger partial charge on any atom is 0.303 e. The highest BCUT2D eigenvalue weighted by atomic mass is 16.6. The van der Waals surface area contributed by atoms with Crippen LogP contribution in [-0.2, 0) is 35.2 Å². The Bertz CT molecular complexity index is 1490. The summed E-state index contributed by atoms with van der Waals surface area (Å²) >= 11 is 0. The average Bonchev–Trinajstić information content (AvgIpc) is 3.02. The van der Waals surface area contributed by atoms with E-state index in [1.165, 1.54) is 43.3 Å². The minimum Gasteiger partial charge on any atom is -0.508 e. The SMILES string of the molecule is CC(C)C[C@H](NC(=O)[C@H](Cc1ccc(O)cc1)NC(=O)[C@H](C)NC(=O)CCC(=O)O)C(=O)N[C@H](C(=O)Nc1ccc([N+](=O)[O-])cc1)C(C)C. The maximum absolute atomic E-state index is 13.7. The molecule has 5 amide bonds. The largest absolute Gasteiger partial charge is 0.508 e. The number of carbonyl (C=O) groups excluding carboxylic acids is 5. The van der Waals surface area contributed by atoms with Gasteiger partial charge in [0.25, 0.3) is 5.69 Å². The number of aromatic hydroxyl groups is 1. The van der Waals surface area contributed by atoms with Crippen molar-refractivity contribution in [3.8, 4) is 5.75 Å². The van der Waals surface area contributed by atoms with Gasteiger partial charge in [0.2, 0.25) is 29.5 Å². The van der Waals surface area contributed by atoms with Crippen LogP contribution < -0.4 is 26.6 Å². The van der Waals surface area contributed by atoms with Crippen LogP contribution in [0, 0.1) is 22.0 Å². The first kappa shape index (κ1) is 39.6. The van der Waals surface area contributed by atoms with E-state index in [1.54, 1.807) is 26.0 Å². The van der Waals surface area contributed by atoms with Crippen molar-refractivity contribution in [3.63, 3.8) is 0 Å². The number of rotatable bonds is 18. The van der Waals surface area contributed by atoms with Gasteiger partial charge in [-0.3, -0.25) is 38.9 Å². The highest BCUT2D eigenvalue weighted by Gasteiger charge is 2.32. The molecule has 16 heteroatoms. The predicted molar refractivity (Wildman–Crippen MR) is 178 cm³/mol. The molecule has 7 N–H and O–H groups in total. The molecule has 0 fully saturated rings. The predicted octanol–water partition coefficient (Wildman–Crippen LogP) is 2.01. The molecule has 0 saturated heterocycles. The number of hydrogen-bond acceptors (Lipinski definition) is 9. The van der Waals surface area contributed by atoms with E-state index in [1.807, 2.05) is 13.8 Å². The Balaban J connectivity index is 2.24. The van der Waals surface area contributed by atoms with Crippen LogP contribution in [0.4, 0.5) is 11.4 Å². The van der Waals surface area contributed by atoms with Gasteiger partial charge in [-0.2, -0.15) is 0 Å². The molecule has 2 rings (SSSR count). The maximum atomic E-state index is 13.7. The molecule has 0 spiro atoms. The number of non-ortho nitro benzene ring substituents is 1. The van der Waals surface area contributed by atoms with Gasteiger partial charge in [-0.15, -0.1) is 0 Å². The number of nitro benzene ring substituents is 1. The normalized spacial score (nSPS) is 13.4. The molecule has 0 saturated carbocycles. The van der Waals surface area contributed by atoms with Crippen LogP contribution in [0.15, 0.2) is 48.5 Å². The van der Waals surface area contributed by atoms with Gasteiger partial charge in [0.15, 0.2) is 0 Å². The van der Waals surface area contributed by atoms with E-state index in [4.69, 9.17) is 5.11 Å². The summed E-state index contributed by atoms with van der Waals surface area (Å²) in [7, 11) is 0. The fraction of sp³-hybridized carbons (Fsp3) is 0.455. The van der Waals surface area contributed by atoms with Crippen molar-refractivity contribution in [3.05, 3.63) is 64.2 Å². The summed E-state index contributed by atoms with van der Waals surface area (Å²) in [5, 5.41) is 42.4. The van der Waals surface area contributed by atoms with Gasteiger partial charge in [-0.05, 0) is 55.0 Å². The molecule has 2 aromatic rings. The third-order valence-electron chi connectivity index (χ3n) is 7.28. The number of phenolic OH excluding ortho intramolecular Hbond substituents is 1. The molecule has 0 heterocycles. The first-order valence-corrected chi connectivity index (χ1v) is 15.7. The number of carbonyl (C=O) groups is 6. The Morgan fingerprint density at radius 2 is 1.31 bits per heavy atom. The quantitative estimate of drug-likeness (QED) is 0.0889. The number of anilines is 1. The van der Waals surface area contributed by atoms with Gasteiger partial charge < -0.3 is 36.8 Å². The third-order valence-corrected chi connectivity index (χ3v) is 7.28. The number of carboxylic acids is 1. The second-order valence-electron chi connectivity index (χ2n) is 12.3. The molecule has 0 bridgehead atoms. The second kappa shape index (κ2) is 18.7. The molecule has 16 nitrogen and oxygen atoms in total. The molecule has 0 radical (unpaired) electrons. The minimum absolute atomic E-state index is 0.0162. The van der Waals surface area contributed by atoms with Crippen molar-refractivity contribution in [2.45, 2.75) is 84.5 Å². The van der Waals surface area contributed by atoms with Crippen molar-refractivity contribution in [1.29, 1.82) is 0 Å². The molecule has 0 unspecified atom stereocenters. The monoisotopic (exact) mass is 684 g/mol. The summed E-state index contributed by atoms with van der Waals surface area (Å²) in [6.07, 6.45) is -0.663. The number of benzene rings is 2. The van der Waals surface area contributed by atoms with E-state index in [2.05, 4.69) is 26.6 Å². The van der Waals surface area contributed by atoms with Gasteiger partial charge in [0.05, 0.1) is 11.3 Å². The lowest BCUT2D eigenvalue weighted by atomic mass is 9.99. The van der Waals surface area contributed by atoms with Gasteiger partial charge >= 0.3 is 5.97 Å². The van der Waals surface area contributed by atoms with Crippen LogP contribution in [-0.4, -0.2) is 74.8 Å². The van der Waals surface area contributed by atoms with Crippen LogP contribution in [0.3, 0.4) is 0 Å². The van der Waals surface area contributed by atoms with Gasteiger partial charge in [-0.1, -0.05) is 39.8 Å². The summed E-state index contributed by atoms with van der Waals surface area (Å²) in [6.45, 7) is 8.45. The summed E-state index contributed by atoms with van der Waals surface area (Å²) in [5.41, 5.74) is 0.681. The molecule has 0 aliphatic heterocycles. The smallest absolute Gasteiger partial charge is 0.303 e. The lowest BCUT2D eigenvalue weighted by Crippen LogP contribution is -2.59. The number of nitro groups is 1. The van der Waals surface area contributed by atoms with E-state index in [9.17, 15) is 44.0 Å². The average molecular weight is 685 g/mol. The van der Waals surface area contributed by atoms with Crippen molar-refractivity contribution in [1.82, 2.24) is 21.3 Å². The van der Waals surface area contributed by atoms with Crippen molar-refractivity contribution < 1.29 is 43.9 Å². The molecule has 266 valence electrons. The number of nitrogens with one attached hydrogen (secondary N) is 5. The zero-order valence-electron chi connectivity index (χ0n) is 28.0. The Morgan fingerprint density at radius 3 is 1.84 bits per heavy atom. The number of hydrogen-bond donors (Lipinski definition) is 7. The van der Waals surface area contributed by atoms with Crippen LogP contribution >= 0.6 is 0 Å². The number of phenols is 1. The van der Waals surface area contributed by atoms with Crippen LogP contribution in [0.25, 0.3) is 0 Å². The standard InChI is InChI=1S/C33H44N6O10/c1-18(2)16-25(32(46)38-29(19(3)4)33(47)35-22-8-10-23(11-9-22)39(48)49)37-31(45)26(17-21-6-12-24(40)13-7-21)36-30(44)20(5)34-27(41)14-15-28(42)43/h6-13,18-20,25-26,29,40H,14-17H2,1-5H3,(H,34,41)(H,35,47)(H,36,44)(H,37,45)(H,38,46)(H,42,43)/t20-,25-,26-,29-/m0/s1. The summed E-state index contributed by atoms with van der Waals surface area (Å²) < 4.78 is 0. The zero-order chi connectivity index (χ0) is 36.8. The molecule has 4 atom stereocenters. The minimum atomic E-state index is -1.25. The lowest BCUT2D eigenvalue weighted by Gasteiger charge is -2.28. The fourth-order valence-electron chi connectivity index (χ4n) is 4.62. The first-order valence-electron chi connectivity index (χ1n) is 15.7. The molecule has 49 heavy (non-hydrogen) atoms. The zero-order valence-corrected chi connectivity index (χ0v) is 28.0. The number of aliphatic carboxylic acids is 1. The van der Waals surface area contributed by atoms with Crippen LogP contribution in [0.1, 0.15) is 59.4 Å². The highest BCUT2D eigenvalue weighted by Crippen LogP contribution is 2.17. The Kier molecular flexibility index (Phi) is 15.1. The first-order chi connectivity index (χ1) is 23.0. The van der Waals surface area contributed by atoms with E-state index >= 15 is 0 Å². The van der Waals surface area contributed by atoms with Crippen LogP contribution in [0.2, 0.25) is 0 Å². The van der Waals surface area contributed by atoms with E-state index in [0.717, 1.165) is 0 Å². The van der Waals surface area contributed by atoms with Crippen molar-refractivity contribution in [2.24, 2.45) is 11.8 Å². The Labute approximate surface area is 283 Å². The Hall–Kier alpha value is -5.54. The fourth-order valence-corrected chi connectivity index (χ4v) is 4.62. The van der Waals surface area contributed by atoms with Crippen molar-refractivity contribution >= 4 is 46.9 Å². The van der Waals surface area contributed by atoms with E-state index < -0.39 is 76.9 Å². The molecule has 2 aromatic carbocycles. The van der Waals surface area contributed by atoms with E-state index in [-0.39, 0.29) is 42.3 Å². The topological polar surface area (TPSA) is 246 Å². The molecule has 0 aliphatic carbocycles. The Morgan fingerprint density at radius 1 is 0.735 bits per heavy atom. The number of amides is 5. The molecular weight excluding hydrogens is 640 g/mol. The molecule has 0 aliphatic rings. The van der Waals surface area contributed by atoms with Gasteiger partial charge in [0.1, 0.15) is 29.9 Å². The number of nitrogens with zero attached hydrogens (tertiary/aromatic N) is 1. The van der Waals surface area contributed by atoms with Gasteiger partial charge in [0, 0.05) is 30.7 Å². The van der Waals surface area contributed by atoms with Crippen LogP contribution in [0.5, 0.6) is 5.75 Å². The molecular formula is C33H44N6O10. The van der Waals surface area contributed by atoms with Crippen molar-refractivity contribution in [2.75, 3.05) is 5.32 Å².